The average Bonchev–Trinajstić information content (AvgIpc) is 3.31. The Labute approximate surface area is 191 Å². The number of thioether (sulfide) groups is 1. The molecule has 0 unspecified atom stereocenters. The summed E-state index contributed by atoms with van der Waals surface area (Å²) in [6.07, 6.45) is 5.77. The van der Waals surface area contributed by atoms with Gasteiger partial charge in [-0.3, -0.25) is 9.97 Å². The molecule has 0 radical (unpaired) electrons. The molecule has 0 aliphatic carbocycles. The number of rotatable bonds is 5. The van der Waals surface area contributed by atoms with Crippen LogP contribution < -0.4 is 0 Å². The second-order valence-electron chi connectivity index (χ2n) is 7.39. The first kappa shape index (κ1) is 20.7. The Hall–Kier alpha value is -3.23. The highest BCUT2D eigenvalue weighted by atomic mass is 32.2. The minimum Gasteiger partial charge on any atom is -0.253 e. The lowest BCUT2D eigenvalue weighted by molar-refractivity contribution is 0.371. The van der Waals surface area contributed by atoms with Crippen LogP contribution in [0.3, 0.4) is 0 Å². The summed E-state index contributed by atoms with van der Waals surface area (Å²) < 4.78 is 28.3. The Balaban J connectivity index is 1.60. The fourth-order valence-corrected chi connectivity index (χ4v) is 5.67. The highest BCUT2D eigenvalue weighted by molar-refractivity contribution is 7.98. The first-order valence-corrected chi connectivity index (χ1v) is 12.7. The number of hydrazone groups is 1. The zero-order valence-electron chi connectivity index (χ0n) is 17.3. The lowest BCUT2D eigenvalue weighted by Crippen LogP contribution is -2.27. The van der Waals surface area contributed by atoms with Gasteiger partial charge < -0.3 is 0 Å². The number of nitrogens with zero attached hydrogens (tertiary/aromatic N) is 4. The molecule has 5 rings (SSSR count). The summed E-state index contributed by atoms with van der Waals surface area (Å²) in [5.74, 6) is 0. The number of aromatic nitrogens is 2. The summed E-state index contributed by atoms with van der Waals surface area (Å²) in [6, 6.07) is 21.7. The third-order valence-corrected chi connectivity index (χ3v) is 7.90. The monoisotopic (exact) mass is 460 g/mol. The van der Waals surface area contributed by atoms with Gasteiger partial charge in [-0.1, -0.05) is 36.4 Å². The van der Waals surface area contributed by atoms with Crippen molar-refractivity contribution in [3.63, 3.8) is 0 Å². The largest absolute Gasteiger partial charge is 0.279 e. The van der Waals surface area contributed by atoms with Crippen LogP contribution in [0.15, 0.2) is 100 Å². The van der Waals surface area contributed by atoms with E-state index in [2.05, 4.69) is 15.1 Å². The summed E-state index contributed by atoms with van der Waals surface area (Å²) >= 11 is 1.66. The van der Waals surface area contributed by atoms with Crippen molar-refractivity contribution in [1.29, 1.82) is 0 Å². The van der Waals surface area contributed by atoms with Crippen LogP contribution in [0.5, 0.6) is 0 Å². The van der Waals surface area contributed by atoms with Gasteiger partial charge in [0, 0.05) is 23.7 Å². The highest BCUT2D eigenvalue weighted by Gasteiger charge is 2.37. The molecule has 1 aliphatic heterocycles. The number of fused-ring (bicyclic) bond motifs is 1. The van der Waals surface area contributed by atoms with Crippen LogP contribution in [-0.2, 0) is 10.0 Å². The van der Waals surface area contributed by atoms with Crippen LogP contribution in [0.2, 0.25) is 0 Å². The maximum absolute atomic E-state index is 13.5. The Morgan fingerprint density at radius 2 is 1.62 bits per heavy atom. The zero-order valence-corrected chi connectivity index (χ0v) is 18.9. The van der Waals surface area contributed by atoms with Crippen LogP contribution >= 0.6 is 11.8 Å². The molecule has 6 nitrogen and oxygen atoms in total. The van der Waals surface area contributed by atoms with E-state index >= 15 is 0 Å². The van der Waals surface area contributed by atoms with E-state index in [-0.39, 0.29) is 4.90 Å². The minimum atomic E-state index is -3.84. The molecule has 0 spiro atoms. The molecule has 8 heteroatoms. The maximum atomic E-state index is 13.5. The first-order valence-electron chi connectivity index (χ1n) is 10.1. The van der Waals surface area contributed by atoms with Crippen LogP contribution in [0.25, 0.3) is 11.0 Å². The summed E-state index contributed by atoms with van der Waals surface area (Å²) in [7, 11) is -3.84. The van der Waals surface area contributed by atoms with Crippen molar-refractivity contribution in [1.82, 2.24) is 14.4 Å². The van der Waals surface area contributed by atoms with E-state index in [1.807, 2.05) is 48.7 Å². The number of hydrogen-bond donors (Lipinski definition) is 0. The molecule has 2 heterocycles. The normalized spacial score (nSPS) is 16.3. The fourth-order valence-electron chi connectivity index (χ4n) is 3.80. The number of sulfonamides is 1. The quantitative estimate of drug-likeness (QED) is 0.396. The predicted octanol–water partition coefficient (Wildman–Crippen LogP) is 4.89. The van der Waals surface area contributed by atoms with Crippen LogP contribution in [0.4, 0.5) is 0 Å². The lowest BCUT2D eigenvalue weighted by Gasteiger charge is -2.23. The van der Waals surface area contributed by atoms with Crippen molar-refractivity contribution >= 4 is 38.5 Å². The van der Waals surface area contributed by atoms with Gasteiger partial charge in [0.05, 0.1) is 27.7 Å². The van der Waals surface area contributed by atoms with Crippen LogP contribution in [0, 0.1) is 0 Å². The smallest absolute Gasteiger partial charge is 0.253 e. The van der Waals surface area contributed by atoms with E-state index in [4.69, 9.17) is 0 Å². The predicted molar refractivity (Wildman–Crippen MR) is 127 cm³/mol. The molecule has 1 atom stereocenters. The van der Waals surface area contributed by atoms with E-state index < -0.39 is 16.1 Å². The van der Waals surface area contributed by atoms with Gasteiger partial charge in [0.25, 0.3) is 10.0 Å². The molecular formula is C24H20N4O2S2. The molecule has 3 aromatic carbocycles. The zero-order chi connectivity index (χ0) is 22.1. The van der Waals surface area contributed by atoms with Crippen molar-refractivity contribution in [3.8, 4) is 0 Å². The van der Waals surface area contributed by atoms with E-state index in [1.54, 1.807) is 54.5 Å². The molecule has 0 bridgehead atoms. The van der Waals surface area contributed by atoms with Crippen LogP contribution in [-0.4, -0.2) is 34.8 Å². The van der Waals surface area contributed by atoms with Gasteiger partial charge in [-0.25, -0.2) is 0 Å². The second-order valence-corrected chi connectivity index (χ2v) is 10.1. The van der Waals surface area contributed by atoms with E-state index in [1.165, 1.54) is 4.41 Å². The summed E-state index contributed by atoms with van der Waals surface area (Å²) in [5.41, 5.74) is 3.97. The summed E-state index contributed by atoms with van der Waals surface area (Å²) in [4.78, 5) is 10.1. The van der Waals surface area contributed by atoms with Crippen molar-refractivity contribution in [2.45, 2.75) is 22.3 Å². The summed E-state index contributed by atoms with van der Waals surface area (Å²) in [6.45, 7) is 0. The first-order chi connectivity index (χ1) is 15.6. The van der Waals surface area contributed by atoms with Gasteiger partial charge >= 0.3 is 0 Å². The number of hydrogen-bond acceptors (Lipinski definition) is 6. The van der Waals surface area contributed by atoms with Crippen molar-refractivity contribution in [2.75, 3.05) is 6.26 Å². The Bertz CT molecular complexity index is 1410. The Morgan fingerprint density at radius 1 is 0.906 bits per heavy atom. The second kappa shape index (κ2) is 8.37. The highest BCUT2D eigenvalue weighted by Crippen LogP contribution is 2.38. The van der Waals surface area contributed by atoms with Crippen molar-refractivity contribution in [3.05, 3.63) is 96.3 Å². The number of benzene rings is 3. The molecule has 160 valence electrons. The molecule has 1 aromatic heterocycles. The van der Waals surface area contributed by atoms with Gasteiger partial charge in [0.15, 0.2) is 0 Å². The summed E-state index contributed by atoms with van der Waals surface area (Å²) in [5, 5.41) is 4.62. The maximum Gasteiger partial charge on any atom is 0.279 e. The van der Waals surface area contributed by atoms with Crippen molar-refractivity contribution < 1.29 is 8.42 Å². The van der Waals surface area contributed by atoms with E-state index in [0.717, 1.165) is 32.8 Å². The van der Waals surface area contributed by atoms with Gasteiger partial charge in [0.1, 0.15) is 0 Å². The van der Waals surface area contributed by atoms with E-state index in [0.29, 0.717) is 6.42 Å². The fraction of sp³-hybridized carbons (Fsp3) is 0.125. The third kappa shape index (κ3) is 3.76. The van der Waals surface area contributed by atoms with Gasteiger partial charge in [-0.15, -0.1) is 11.8 Å². The molecule has 0 saturated carbocycles. The Morgan fingerprint density at radius 3 is 2.34 bits per heavy atom. The molecular weight excluding hydrogens is 440 g/mol. The molecule has 0 N–H and O–H groups in total. The molecule has 0 amide bonds. The molecule has 32 heavy (non-hydrogen) atoms. The molecule has 4 aromatic rings. The SMILES string of the molecule is CSc1ccc(C2=NN(S(=O)(=O)c3ccccc3)[C@H](c3ccc4nccnc4c3)C2)cc1. The van der Waals surface area contributed by atoms with Crippen molar-refractivity contribution in [2.24, 2.45) is 5.10 Å². The molecule has 1 aliphatic rings. The standard InChI is InChI=1S/C24H20N4O2S2/c1-31-19-10-7-17(8-11-19)22-16-24(18-9-12-21-23(15-18)26-14-13-25-21)28(27-22)32(29,30)20-5-3-2-4-6-20/h2-15,24H,16H2,1H3/t24-/m0/s1. The minimum absolute atomic E-state index is 0.216. The topological polar surface area (TPSA) is 75.5 Å². The molecule has 0 fully saturated rings. The van der Waals surface area contributed by atoms with Gasteiger partial charge in [-0.05, 0) is 53.8 Å². The van der Waals surface area contributed by atoms with Gasteiger partial charge in [-0.2, -0.15) is 17.9 Å². The van der Waals surface area contributed by atoms with Crippen LogP contribution in [0.1, 0.15) is 23.6 Å². The lowest BCUT2D eigenvalue weighted by atomic mass is 9.99. The average molecular weight is 461 g/mol. The molecule has 0 saturated heterocycles. The van der Waals surface area contributed by atoms with Gasteiger partial charge in [0.2, 0.25) is 0 Å². The Kier molecular flexibility index (Phi) is 5.40. The van der Waals surface area contributed by atoms with E-state index in [9.17, 15) is 8.42 Å². The third-order valence-electron chi connectivity index (χ3n) is 5.46.